The average molecular weight is 712 g/mol. The van der Waals surface area contributed by atoms with Gasteiger partial charge in [0.2, 0.25) is 5.82 Å². The molecule has 270 valence electrons. The van der Waals surface area contributed by atoms with Crippen LogP contribution in [0.25, 0.3) is 5.57 Å². The van der Waals surface area contributed by atoms with Gasteiger partial charge in [0.15, 0.2) is 29.6 Å². The number of carboxylic acid groups (broad SMARTS) is 1. The number of nitrogens with zero attached hydrogens (tertiary/aromatic N) is 2. The highest BCUT2D eigenvalue weighted by Gasteiger charge is 2.45. The first-order valence-electron chi connectivity index (χ1n) is 16.7. The largest absolute Gasteiger partial charge is 0.488 e. The molecular formula is C37H37F4N3O7. The second-order valence-electron chi connectivity index (χ2n) is 13.1. The fourth-order valence-corrected chi connectivity index (χ4v) is 6.69. The molecule has 3 aromatic carbocycles. The lowest BCUT2D eigenvalue weighted by atomic mass is 9.82. The summed E-state index contributed by atoms with van der Waals surface area (Å²) in [4.78, 5) is 41.8. The number of halogens is 4. The monoisotopic (exact) mass is 711 g/mol. The second kappa shape index (κ2) is 15.2. The van der Waals surface area contributed by atoms with E-state index in [4.69, 9.17) is 9.84 Å². The minimum atomic E-state index is -2.32. The Bertz CT molecular complexity index is 1830. The molecular weight excluding hydrogens is 674 g/mol. The van der Waals surface area contributed by atoms with Crippen LogP contribution in [0.4, 0.5) is 17.6 Å². The summed E-state index contributed by atoms with van der Waals surface area (Å²) in [5.41, 5.74) is 3.04. The van der Waals surface area contributed by atoms with E-state index >= 15 is 0 Å². The van der Waals surface area contributed by atoms with Gasteiger partial charge in [-0.05, 0) is 67.0 Å². The third-order valence-corrected chi connectivity index (χ3v) is 9.46. The van der Waals surface area contributed by atoms with Crippen LogP contribution in [0, 0.1) is 23.3 Å². The first kappa shape index (κ1) is 36.0. The Morgan fingerprint density at radius 3 is 2.29 bits per heavy atom. The van der Waals surface area contributed by atoms with Gasteiger partial charge >= 0.3 is 5.97 Å². The normalized spacial score (nSPS) is 19.8. The van der Waals surface area contributed by atoms with Crippen LogP contribution in [0.15, 0.2) is 66.2 Å². The molecule has 2 bridgehead atoms. The van der Waals surface area contributed by atoms with Gasteiger partial charge in [0.25, 0.3) is 11.8 Å². The van der Waals surface area contributed by atoms with E-state index in [1.54, 1.807) is 23.1 Å². The summed E-state index contributed by atoms with van der Waals surface area (Å²) in [6.07, 6.45) is -1.91. The van der Waals surface area contributed by atoms with Crippen molar-refractivity contribution in [3.8, 4) is 5.75 Å². The summed E-state index contributed by atoms with van der Waals surface area (Å²) >= 11 is 0. The number of carbonyl (C=O) groups is 3. The van der Waals surface area contributed by atoms with Crippen molar-refractivity contribution < 1.29 is 52.0 Å². The smallest absolute Gasteiger partial charge is 0.335 e. The highest BCUT2D eigenvalue weighted by molar-refractivity contribution is 6.03. The summed E-state index contributed by atoms with van der Waals surface area (Å²) < 4.78 is 61.3. The van der Waals surface area contributed by atoms with Gasteiger partial charge in [-0.15, -0.1) is 0 Å². The van der Waals surface area contributed by atoms with E-state index < -0.39 is 59.1 Å². The topological polar surface area (TPSA) is 140 Å². The lowest BCUT2D eigenvalue weighted by molar-refractivity contribution is -0.163. The summed E-state index contributed by atoms with van der Waals surface area (Å²) in [5, 5.41) is 32.7. The standard InChI is InChI=1S/C37H37F4N3O7/c38-26-6-2-1-5-22(26)17-44(24-11-12-24)35(47)30-25(16-23-18-43(19-29(30)42-23)36(48)32(45)33(46)37(49)50)21-9-7-20(8-10-21)4-3-15-51-34-28(40)14-13-27(39)31(34)41/h1-2,5-10,13-14,23-24,29,32-33,42,45-46H,3-4,11-12,15-19H2,(H,49,50)/t23-,29-,32+,33+/m1/s1. The highest BCUT2D eigenvalue weighted by Crippen LogP contribution is 2.38. The third-order valence-electron chi connectivity index (χ3n) is 9.46. The van der Waals surface area contributed by atoms with E-state index in [1.807, 2.05) is 24.3 Å². The molecule has 6 rings (SSSR count). The number of carboxylic acids is 1. The number of aryl methyl sites for hydroxylation is 1. The number of aliphatic carboxylic acids is 1. The van der Waals surface area contributed by atoms with Crippen molar-refractivity contribution >= 4 is 23.4 Å². The maximum absolute atomic E-state index is 14.8. The molecule has 2 heterocycles. The molecule has 2 fully saturated rings. The maximum Gasteiger partial charge on any atom is 0.335 e. The predicted octanol–water partition coefficient (Wildman–Crippen LogP) is 3.58. The summed E-state index contributed by atoms with van der Waals surface area (Å²) in [7, 11) is 0. The molecule has 2 amide bonds. The molecule has 0 unspecified atom stereocenters. The molecule has 2 aliphatic heterocycles. The zero-order valence-corrected chi connectivity index (χ0v) is 27.4. The first-order chi connectivity index (χ1) is 24.4. The number of nitrogens with one attached hydrogen (secondary N) is 1. The number of aliphatic hydroxyl groups excluding tert-OH is 2. The van der Waals surface area contributed by atoms with Crippen LogP contribution in [0.5, 0.6) is 5.75 Å². The van der Waals surface area contributed by atoms with E-state index in [0.717, 1.165) is 35.6 Å². The molecule has 3 aliphatic rings. The second-order valence-corrected chi connectivity index (χ2v) is 13.1. The van der Waals surface area contributed by atoms with Gasteiger partial charge < -0.3 is 35.2 Å². The predicted molar refractivity (Wildman–Crippen MR) is 175 cm³/mol. The molecule has 3 aromatic rings. The number of ether oxygens (including phenoxy) is 1. The van der Waals surface area contributed by atoms with E-state index in [0.29, 0.717) is 30.0 Å². The Morgan fingerprint density at radius 1 is 0.902 bits per heavy atom. The summed E-state index contributed by atoms with van der Waals surface area (Å²) in [6.45, 7) is -0.0497. The Balaban J connectivity index is 1.25. The zero-order valence-electron chi connectivity index (χ0n) is 27.4. The number of piperazine rings is 1. The number of carbonyl (C=O) groups excluding carboxylic acids is 2. The lowest BCUT2D eigenvalue weighted by Gasteiger charge is -2.45. The summed E-state index contributed by atoms with van der Waals surface area (Å²) in [5.74, 6) is -7.88. The number of rotatable bonds is 13. The van der Waals surface area contributed by atoms with Crippen LogP contribution in [0.3, 0.4) is 0 Å². The molecule has 4 N–H and O–H groups in total. The van der Waals surface area contributed by atoms with Crippen LogP contribution in [-0.2, 0) is 27.3 Å². The molecule has 14 heteroatoms. The van der Waals surface area contributed by atoms with E-state index in [1.165, 1.54) is 11.0 Å². The SMILES string of the molecule is O=C(O)[C@@H](O)[C@H](O)C(=O)N1C[C@H]2CC(c3ccc(CCCOc4c(F)ccc(F)c4F)cc3)=C(C(=O)N(Cc3ccccc3F)C3CC3)[C@@H](C1)N2. The van der Waals surface area contributed by atoms with Gasteiger partial charge in [0.1, 0.15) is 5.82 Å². The minimum Gasteiger partial charge on any atom is -0.488 e. The molecule has 0 radical (unpaired) electrons. The van der Waals surface area contributed by atoms with Crippen molar-refractivity contribution in [2.24, 2.45) is 0 Å². The molecule has 10 nitrogen and oxygen atoms in total. The maximum atomic E-state index is 14.8. The Kier molecular flexibility index (Phi) is 10.7. The fourth-order valence-electron chi connectivity index (χ4n) is 6.69. The van der Waals surface area contributed by atoms with Crippen molar-refractivity contribution in [2.45, 2.75) is 69.0 Å². The lowest BCUT2D eigenvalue weighted by Crippen LogP contribution is -2.64. The molecule has 1 aliphatic carbocycles. The van der Waals surface area contributed by atoms with Crippen LogP contribution in [0.1, 0.15) is 42.4 Å². The van der Waals surface area contributed by atoms with Crippen molar-refractivity contribution in [1.29, 1.82) is 0 Å². The fraction of sp³-hybridized carbons (Fsp3) is 0.378. The van der Waals surface area contributed by atoms with Crippen LogP contribution in [-0.4, -0.2) is 92.9 Å². The molecule has 1 saturated heterocycles. The molecule has 4 atom stereocenters. The number of aliphatic hydroxyl groups is 2. The van der Waals surface area contributed by atoms with Gasteiger partial charge in [-0.3, -0.25) is 9.59 Å². The van der Waals surface area contributed by atoms with Crippen molar-refractivity contribution in [3.05, 3.63) is 106 Å². The third kappa shape index (κ3) is 7.92. The number of benzene rings is 3. The van der Waals surface area contributed by atoms with Gasteiger partial charge in [0, 0.05) is 42.9 Å². The Labute approximate surface area is 290 Å². The molecule has 0 spiro atoms. The number of hydrogen-bond acceptors (Lipinski definition) is 7. The number of fused-ring (bicyclic) bond motifs is 2. The Morgan fingerprint density at radius 2 is 1.61 bits per heavy atom. The van der Waals surface area contributed by atoms with Crippen LogP contribution < -0.4 is 10.1 Å². The van der Waals surface area contributed by atoms with Crippen LogP contribution in [0.2, 0.25) is 0 Å². The van der Waals surface area contributed by atoms with E-state index in [9.17, 15) is 42.2 Å². The number of hydrogen-bond donors (Lipinski definition) is 4. The molecule has 0 aromatic heterocycles. The van der Waals surface area contributed by atoms with Gasteiger partial charge in [-0.25, -0.2) is 18.0 Å². The van der Waals surface area contributed by atoms with Gasteiger partial charge in [-0.2, -0.15) is 4.39 Å². The first-order valence-corrected chi connectivity index (χ1v) is 16.7. The van der Waals surface area contributed by atoms with Crippen LogP contribution >= 0.6 is 0 Å². The highest BCUT2D eigenvalue weighted by atomic mass is 19.2. The van der Waals surface area contributed by atoms with Crippen molar-refractivity contribution in [2.75, 3.05) is 19.7 Å². The molecule has 51 heavy (non-hydrogen) atoms. The average Bonchev–Trinajstić information content (AvgIpc) is 3.97. The van der Waals surface area contributed by atoms with Crippen molar-refractivity contribution in [1.82, 2.24) is 15.1 Å². The Hall–Kier alpha value is -4.79. The van der Waals surface area contributed by atoms with Gasteiger partial charge in [-0.1, -0.05) is 42.5 Å². The summed E-state index contributed by atoms with van der Waals surface area (Å²) in [6, 6.07) is 13.9. The van der Waals surface area contributed by atoms with Crippen molar-refractivity contribution in [3.63, 3.8) is 0 Å². The minimum absolute atomic E-state index is 0.0275. The molecule has 1 saturated carbocycles. The zero-order chi connectivity index (χ0) is 36.4. The quantitative estimate of drug-likeness (QED) is 0.120. The van der Waals surface area contributed by atoms with Gasteiger partial charge in [0.05, 0.1) is 12.6 Å². The van der Waals surface area contributed by atoms with E-state index in [-0.39, 0.29) is 50.7 Å². The van der Waals surface area contributed by atoms with E-state index in [2.05, 4.69) is 5.32 Å². The number of amides is 2.